The third-order valence-electron chi connectivity index (χ3n) is 3.58. The van der Waals surface area contributed by atoms with Gasteiger partial charge in [0.2, 0.25) is 0 Å². The van der Waals surface area contributed by atoms with Crippen LogP contribution < -0.4 is 4.74 Å². The van der Waals surface area contributed by atoms with Gasteiger partial charge in [-0.2, -0.15) is 13.2 Å². The monoisotopic (exact) mass is 318 g/mol. The van der Waals surface area contributed by atoms with Gasteiger partial charge in [-0.25, -0.2) is 0 Å². The van der Waals surface area contributed by atoms with Crippen LogP contribution in [0.1, 0.15) is 38.7 Å². The number of hydrogen-bond acceptors (Lipinski definition) is 2. The Morgan fingerprint density at radius 3 is 2.23 bits per heavy atom. The number of hydrogen-bond donors (Lipinski definition) is 1. The summed E-state index contributed by atoms with van der Waals surface area (Å²) in [7, 11) is 0. The summed E-state index contributed by atoms with van der Waals surface area (Å²) in [5.41, 5.74) is -0.698. The smallest absolute Gasteiger partial charge is 0.416 e. The highest BCUT2D eigenvalue weighted by Crippen LogP contribution is 2.30. The van der Waals surface area contributed by atoms with Crippen molar-refractivity contribution in [3.8, 4) is 5.75 Å². The summed E-state index contributed by atoms with van der Waals surface area (Å²) in [6, 6.07) is 4.60. The SMILES string of the molecule is CC(CCOc1ccc(C(F)(F)F)cc1)CCC(C)C(=O)O. The van der Waals surface area contributed by atoms with Crippen LogP contribution >= 0.6 is 0 Å². The van der Waals surface area contributed by atoms with Gasteiger partial charge in [0.05, 0.1) is 18.1 Å². The minimum Gasteiger partial charge on any atom is -0.494 e. The maximum atomic E-state index is 12.4. The Hall–Kier alpha value is -1.72. The summed E-state index contributed by atoms with van der Waals surface area (Å²) in [6.07, 6.45) is -2.22. The molecule has 1 N–H and O–H groups in total. The van der Waals surface area contributed by atoms with Crippen LogP contribution in [0.2, 0.25) is 0 Å². The predicted octanol–water partition coefficient (Wildman–Crippen LogP) is 4.61. The van der Waals surface area contributed by atoms with Crippen LogP contribution in [0, 0.1) is 11.8 Å². The lowest BCUT2D eigenvalue weighted by Gasteiger charge is -2.14. The minimum atomic E-state index is -4.34. The largest absolute Gasteiger partial charge is 0.494 e. The first kappa shape index (κ1) is 18.3. The van der Waals surface area contributed by atoms with Crippen LogP contribution in [0.25, 0.3) is 0 Å². The Morgan fingerprint density at radius 1 is 1.14 bits per heavy atom. The van der Waals surface area contributed by atoms with Gasteiger partial charge in [-0.15, -0.1) is 0 Å². The molecule has 0 fully saturated rings. The van der Waals surface area contributed by atoms with Crippen molar-refractivity contribution >= 4 is 5.97 Å². The maximum absolute atomic E-state index is 12.4. The standard InChI is InChI=1S/C16H21F3O3/c1-11(3-4-12(2)15(20)21)9-10-22-14-7-5-13(6-8-14)16(17,18)19/h5-8,11-12H,3-4,9-10H2,1-2H3,(H,20,21). The Bertz CT molecular complexity index is 469. The number of carboxylic acids is 1. The zero-order valence-electron chi connectivity index (χ0n) is 12.7. The number of aliphatic carboxylic acids is 1. The molecule has 2 unspecified atom stereocenters. The van der Waals surface area contributed by atoms with E-state index in [-0.39, 0.29) is 5.92 Å². The number of halogens is 3. The van der Waals surface area contributed by atoms with Crippen LogP contribution in [-0.2, 0) is 11.0 Å². The lowest BCUT2D eigenvalue weighted by molar-refractivity contribution is -0.141. The summed E-state index contributed by atoms with van der Waals surface area (Å²) >= 11 is 0. The van der Waals surface area contributed by atoms with E-state index in [1.165, 1.54) is 12.1 Å². The molecule has 0 bridgehead atoms. The van der Waals surface area contributed by atoms with E-state index in [9.17, 15) is 18.0 Å². The molecule has 2 atom stereocenters. The fourth-order valence-electron chi connectivity index (χ4n) is 1.92. The number of rotatable bonds is 8. The molecular formula is C16H21F3O3. The van der Waals surface area contributed by atoms with Crippen LogP contribution in [0.4, 0.5) is 13.2 Å². The molecule has 0 aliphatic carbocycles. The quantitative estimate of drug-likeness (QED) is 0.761. The van der Waals surface area contributed by atoms with Gasteiger partial charge in [0.25, 0.3) is 0 Å². The van der Waals surface area contributed by atoms with Crippen LogP contribution in [0.15, 0.2) is 24.3 Å². The molecule has 124 valence electrons. The topological polar surface area (TPSA) is 46.5 Å². The molecule has 0 spiro atoms. The molecule has 0 saturated carbocycles. The Morgan fingerprint density at radius 2 is 1.73 bits per heavy atom. The summed E-state index contributed by atoms with van der Waals surface area (Å²) < 4.78 is 42.6. The summed E-state index contributed by atoms with van der Waals surface area (Å²) in [5.74, 6) is -0.457. The zero-order chi connectivity index (χ0) is 16.8. The first-order chi connectivity index (χ1) is 10.2. The van der Waals surface area contributed by atoms with Crippen molar-refractivity contribution in [1.29, 1.82) is 0 Å². The number of ether oxygens (including phenoxy) is 1. The third kappa shape index (κ3) is 6.37. The van der Waals surface area contributed by atoms with Gasteiger partial charge in [-0.05, 0) is 49.4 Å². The zero-order valence-corrected chi connectivity index (χ0v) is 12.7. The highest BCUT2D eigenvalue weighted by Gasteiger charge is 2.30. The molecule has 1 aromatic rings. The first-order valence-electron chi connectivity index (χ1n) is 7.23. The highest BCUT2D eigenvalue weighted by molar-refractivity contribution is 5.69. The second kappa shape index (κ2) is 8.06. The molecule has 0 amide bonds. The summed E-state index contributed by atoms with van der Waals surface area (Å²) in [5, 5.41) is 8.79. The second-order valence-electron chi connectivity index (χ2n) is 5.58. The molecule has 0 saturated heterocycles. The van der Waals surface area contributed by atoms with Gasteiger partial charge in [-0.3, -0.25) is 4.79 Å². The van der Waals surface area contributed by atoms with E-state index in [1.807, 2.05) is 6.92 Å². The van der Waals surface area contributed by atoms with E-state index in [0.29, 0.717) is 24.7 Å². The Balaban J connectivity index is 2.30. The van der Waals surface area contributed by atoms with Gasteiger partial charge in [-0.1, -0.05) is 13.8 Å². The van der Waals surface area contributed by atoms with Crippen molar-refractivity contribution in [2.45, 2.75) is 39.3 Å². The molecule has 0 aliphatic rings. The van der Waals surface area contributed by atoms with E-state index < -0.39 is 17.7 Å². The number of alkyl halides is 3. The number of carbonyl (C=O) groups is 1. The van der Waals surface area contributed by atoms with E-state index in [1.54, 1.807) is 6.92 Å². The van der Waals surface area contributed by atoms with Crippen molar-refractivity contribution in [1.82, 2.24) is 0 Å². The van der Waals surface area contributed by atoms with Crippen molar-refractivity contribution in [2.75, 3.05) is 6.61 Å². The van der Waals surface area contributed by atoms with Crippen LogP contribution in [0.3, 0.4) is 0 Å². The fourth-order valence-corrected chi connectivity index (χ4v) is 1.92. The highest BCUT2D eigenvalue weighted by atomic mass is 19.4. The molecule has 3 nitrogen and oxygen atoms in total. The van der Waals surface area contributed by atoms with Crippen molar-refractivity contribution in [2.24, 2.45) is 11.8 Å². The van der Waals surface area contributed by atoms with Crippen LogP contribution in [0.5, 0.6) is 5.75 Å². The van der Waals surface area contributed by atoms with Gasteiger partial charge in [0, 0.05) is 0 Å². The molecule has 0 radical (unpaired) electrons. The summed E-state index contributed by atoms with van der Waals surface area (Å²) in [6.45, 7) is 4.08. The number of carboxylic acid groups (broad SMARTS) is 1. The molecule has 0 aromatic heterocycles. The van der Waals surface area contributed by atoms with Crippen molar-refractivity contribution < 1.29 is 27.8 Å². The average Bonchev–Trinajstić information content (AvgIpc) is 2.44. The second-order valence-corrected chi connectivity index (χ2v) is 5.58. The Labute approximate surface area is 128 Å². The third-order valence-corrected chi connectivity index (χ3v) is 3.58. The molecule has 1 aromatic carbocycles. The number of benzene rings is 1. The lowest BCUT2D eigenvalue weighted by Crippen LogP contribution is -2.12. The van der Waals surface area contributed by atoms with Gasteiger partial charge < -0.3 is 9.84 Å². The first-order valence-corrected chi connectivity index (χ1v) is 7.23. The van der Waals surface area contributed by atoms with Gasteiger partial charge >= 0.3 is 12.1 Å². The normalized spacial score (nSPS) is 14.4. The molecule has 0 heterocycles. The molecular weight excluding hydrogens is 297 g/mol. The van der Waals surface area contributed by atoms with Gasteiger partial charge in [0.15, 0.2) is 0 Å². The maximum Gasteiger partial charge on any atom is 0.416 e. The molecule has 22 heavy (non-hydrogen) atoms. The molecule has 1 rings (SSSR count). The predicted molar refractivity (Wildman–Crippen MR) is 76.8 cm³/mol. The van der Waals surface area contributed by atoms with E-state index in [4.69, 9.17) is 9.84 Å². The Kier molecular flexibility index (Phi) is 6.71. The van der Waals surface area contributed by atoms with E-state index in [2.05, 4.69) is 0 Å². The molecule has 6 heteroatoms. The lowest BCUT2D eigenvalue weighted by atomic mass is 9.96. The van der Waals surface area contributed by atoms with Crippen molar-refractivity contribution in [3.05, 3.63) is 29.8 Å². The van der Waals surface area contributed by atoms with E-state index in [0.717, 1.165) is 25.0 Å². The fraction of sp³-hybridized carbons (Fsp3) is 0.562. The van der Waals surface area contributed by atoms with Gasteiger partial charge in [0.1, 0.15) is 5.75 Å². The summed E-state index contributed by atoms with van der Waals surface area (Å²) in [4.78, 5) is 10.7. The molecule has 0 aliphatic heterocycles. The minimum absolute atomic E-state index is 0.302. The van der Waals surface area contributed by atoms with E-state index >= 15 is 0 Å². The average molecular weight is 318 g/mol. The van der Waals surface area contributed by atoms with Crippen LogP contribution in [-0.4, -0.2) is 17.7 Å². The van der Waals surface area contributed by atoms with Crippen molar-refractivity contribution in [3.63, 3.8) is 0 Å².